The third kappa shape index (κ3) is 4.75. The molecule has 1 saturated heterocycles. The third-order valence-electron chi connectivity index (χ3n) is 4.65. The van der Waals surface area contributed by atoms with E-state index in [-0.39, 0.29) is 12.0 Å². The van der Waals surface area contributed by atoms with Gasteiger partial charge in [0, 0.05) is 24.5 Å². The van der Waals surface area contributed by atoms with Crippen molar-refractivity contribution < 1.29 is 9.53 Å². The van der Waals surface area contributed by atoms with Gasteiger partial charge >= 0.3 is 5.97 Å². The van der Waals surface area contributed by atoms with E-state index in [2.05, 4.69) is 55.0 Å². The number of anilines is 1. The number of ether oxygens (including phenoxy) is 1. The van der Waals surface area contributed by atoms with E-state index in [1.54, 1.807) is 0 Å². The molecule has 2 N–H and O–H groups in total. The fraction of sp³-hybridized carbons (Fsp3) is 0.500. The molecule has 0 spiro atoms. The molecule has 142 valence electrons. The summed E-state index contributed by atoms with van der Waals surface area (Å²) in [4.78, 5) is 14.9. The van der Waals surface area contributed by atoms with E-state index >= 15 is 0 Å². The summed E-state index contributed by atoms with van der Waals surface area (Å²) in [5.41, 5.74) is 2.73. The van der Waals surface area contributed by atoms with Gasteiger partial charge in [0.2, 0.25) is 0 Å². The predicted molar refractivity (Wildman–Crippen MR) is 110 cm³/mol. The Labute approximate surface area is 161 Å². The maximum Gasteiger partial charge on any atom is 0.317 e. The summed E-state index contributed by atoms with van der Waals surface area (Å²) in [5.74, 6) is -0.790. The molecular weight excluding hydrogens is 346 g/mol. The molecule has 1 aliphatic heterocycles. The first-order valence-corrected chi connectivity index (χ1v) is 9.70. The predicted octanol–water partition coefficient (Wildman–Crippen LogP) is 3.52. The molecular formula is C20H29N3O2S. The highest BCUT2D eigenvalue weighted by atomic mass is 32.1. The standard InChI is InChI=1S/C20H29N3O2S/c1-5-8-13-25-19(24)17-14(4)21-20(26)22-18(17)15-9-11-16(12-10-15)23(6-2)7-3/h9-12,17-18H,4-8,13H2,1-3H3,(H2,21,22,26)/t17-,18+/m0/s1. The number of hydrogen-bond acceptors (Lipinski definition) is 4. The number of carbonyl (C=O) groups excluding carboxylic acids is 1. The fourth-order valence-corrected chi connectivity index (χ4v) is 3.39. The molecule has 0 aliphatic carbocycles. The van der Waals surface area contributed by atoms with Crippen LogP contribution in [0.25, 0.3) is 0 Å². The van der Waals surface area contributed by atoms with Crippen molar-refractivity contribution in [3.8, 4) is 0 Å². The summed E-state index contributed by atoms with van der Waals surface area (Å²) in [6.45, 7) is 12.7. The Morgan fingerprint density at radius 2 is 1.88 bits per heavy atom. The molecule has 0 bridgehead atoms. The van der Waals surface area contributed by atoms with Gasteiger partial charge < -0.3 is 20.3 Å². The Hall–Kier alpha value is -2.08. The molecule has 1 heterocycles. The van der Waals surface area contributed by atoms with E-state index in [0.717, 1.165) is 37.2 Å². The molecule has 2 rings (SSSR count). The van der Waals surface area contributed by atoms with Gasteiger partial charge in [0.1, 0.15) is 5.92 Å². The van der Waals surface area contributed by atoms with E-state index in [0.29, 0.717) is 17.4 Å². The van der Waals surface area contributed by atoms with Crippen LogP contribution in [0.15, 0.2) is 36.5 Å². The maximum atomic E-state index is 12.6. The number of unbranched alkanes of at least 4 members (excludes halogenated alkanes) is 1. The Balaban J connectivity index is 2.22. The number of carbonyl (C=O) groups is 1. The monoisotopic (exact) mass is 375 g/mol. The van der Waals surface area contributed by atoms with Crippen LogP contribution in [-0.4, -0.2) is 30.8 Å². The van der Waals surface area contributed by atoms with E-state index in [1.165, 1.54) is 0 Å². The lowest BCUT2D eigenvalue weighted by molar-refractivity contribution is -0.148. The van der Waals surface area contributed by atoms with Gasteiger partial charge in [-0.2, -0.15) is 0 Å². The van der Waals surface area contributed by atoms with E-state index < -0.39 is 5.92 Å². The lowest BCUT2D eigenvalue weighted by Gasteiger charge is -2.35. The zero-order chi connectivity index (χ0) is 19.1. The number of esters is 1. The van der Waals surface area contributed by atoms with Crippen LogP contribution < -0.4 is 15.5 Å². The van der Waals surface area contributed by atoms with Crippen molar-refractivity contribution in [2.24, 2.45) is 5.92 Å². The number of rotatable bonds is 8. The van der Waals surface area contributed by atoms with E-state index in [9.17, 15) is 4.79 Å². The molecule has 5 nitrogen and oxygen atoms in total. The van der Waals surface area contributed by atoms with Crippen LogP contribution in [0.3, 0.4) is 0 Å². The first-order chi connectivity index (χ1) is 12.5. The Morgan fingerprint density at radius 3 is 2.46 bits per heavy atom. The summed E-state index contributed by atoms with van der Waals surface area (Å²) in [7, 11) is 0. The molecule has 0 aromatic heterocycles. The van der Waals surface area contributed by atoms with Crippen LogP contribution in [0.1, 0.15) is 45.2 Å². The lowest BCUT2D eigenvalue weighted by Crippen LogP contribution is -2.51. The first kappa shape index (κ1) is 20.2. The minimum Gasteiger partial charge on any atom is -0.465 e. The number of benzene rings is 1. The zero-order valence-corrected chi connectivity index (χ0v) is 16.7. The van der Waals surface area contributed by atoms with Gasteiger partial charge in [0.15, 0.2) is 5.11 Å². The number of nitrogens with one attached hydrogen (secondary N) is 2. The van der Waals surface area contributed by atoms with Crippen LogP contribution in [-0.2, 0) is 9.53 Å². The topological polar surface area (TPSA) is 53.6 Å². The van der Waals surface area contributed by atoms with Crippen LogP contribution in [0.4, 0.5) is 5.69 Å². The van der Waals surface area contributed by atoms with E-state index in [1.807, 2.05) is 12.1 Å². The summed E-state index contributed by atoms with van der Waals surface area (Å²) in [6, 6.07) is 7.96. The van der Waals surface area contributed by atoms with Crippen molar-refractivity contribution in [3.05, 3.63) is 42.1 Å². The fourth-order valence-electron chi connectivity index (χ4n) is 3.13. The highest BCUT2D eigenvalue weighted by molar-refractivity contribution is 7.80. The summed E-state index contributed by atoms with van der Waals surface area (Å²) in [5, 5.41) is 6.65. The number of nitrogens with zero attached hydrogens (tertiary/aromatic N) is 1. The van der Waals surface area contributed by atoms with Gasteiger partial charge in [0.25, 0.3) is 0 Å². The van der Waals surface area contributed by atoms with Gasteiger partial charge in [-0.3, -0.25) is 4.79 Å². The van der Waals surface area contributed by atoms with Gasteiger partial charge in [-0.15, -0.1) is 0 Å². The number of thiocarbonyl (C=S) groups is 1. The second-order valence-electron chi connectivity index (χ2n) is 6.36. The van der Waals surface area contributed by atoms with Crippen molar-refractivity contribution in [1.82, 2.24) is 10.6 Å². The first-order valence-electron chi connectivity index (χ1n) is 9.29. The minimum atomic E-state index is -0.516. The molecule has 1 aromatic rings. The van der Waals surface area contributed by atoms with Crippen molar-refractivity contribution in [1.29, 1.82) is 0 Å². The van der Waals surface area contributed by atoms with Crippen LogP contribution in [0.2, 0.25) is 0 Å². The highest BCUT2D eigenvalue weighted by Crippen LogP contribution is 2.31. The zero-order valence-electron chi connectivity index (χ0n) is 15.9. The van der Waals surface area contributed by atoms with E-state index in [4.69, 9.17) is 17.0 Å². The molecule has 1 fully saturated rings. The van der Waals surface area contributed by atoms with Gasteiger partial charge in [-0.05, 0) is 50.2 Å². The largest absolute Gasteiger partial charge is 0.465 e. The summed E-state index contributed by atoms with van der Waals surface area (Å²) < 4.78 is 5.44. The quantitative estimate of drug-likeness (QED) is 0.412. The maximum absolute atomic E-state index is 12.6. The minimum absolute atomic E-state index is 0.274. The molecule has 1 aliphatic rings. The smallest absolute Gasteiger partial charge is 0.317 e. The second kappa shape index (κ2) is 9.57. The average Bonchev–Trinajstić information content (AvgIpc) is 2.62. The molecule has 0 amide bonds. The molecule has 0 unspecified atom stereocenters. The molecule has 6 heteroatoms. The highest BCUT2D eigenvalue weighted by Gasteiger charge is 2.37. The van der Waals surface area contributed by atoms with Crippen LogP contribution in [0.5, 0.6) is 0 Å². The normalized spacial score (nSPS) is 19.5. The molecule has 26 heavy (non-hydrogen) atoms. The Kier molecular flexibility index (Phi) is 7.45. The molecule has 2 atom stereocenters. The molecule has 0 radical (unpaired) electrons. The molecule has 1 aromatic carbocycles. The Bertz CT molecular complexity index is 641. The van der Waals surface area contributed by atoms with Crippen molar-refractivity contribution >= 4 is 29.0 Å². The van der Waals surface area contributed by atoms with Gasteiger partial charge in [0.05, 0.1) is 12.6 Å². The van der Waals surface area contributed by atoms with Gasteiger partial charge in [-0.25, -0.2) is 0 Å². The number of hydrogen-bond donors (Lipinski definition) is 2. The van der Waals surface area contributed by atoms with Gasteiger partial charge in [-0.1, -0.05) is 32.1 Å². The van der Waals surface area contributed by atoms with Crippen molar-refractivity contribution in [3.63, 3.8) is 0 Å². The summed E-state index contributed by atoms with van der Waals surface area (Å²) in [6.07, 6.45) is 1.84. The van der Waals surface area contributed by atoms with Crippen LogP contribution >= 0.6 is 12.2 Å². The molecule has 0 saturated carbocycles. The average molecular weight is 376 g/mol. The Morgan fingerprint density at radius 1 is 1.23 bits per heavy atom. The van der Waals surface area contributed by atoms with Crippen molar-refractivity contribution in [2.75, 3.05) is 24.6 Å². The van der Waals surface area contributed by atoms with Crippen molar-refractivity contribution in [2.45, 2.75) is 39.7 Å². The van der Waals surface area contributed by atoms with Crippen LogP contribution in [0, 0.1) is 5.92 Å². The SMILES string of the molecule is C=C1NC(=S)N[C@H](c2ccc(N(CC)CC)cc2)[C@H]1C(=O)OCCCC. The lowest BCUT2D eigenvalue weighted by atomic mass is 9.89. The summed E-state index contributed by atoms with van der Waals surface area (Å²) >= 11 is 5.27. The second-order valence-corrected chi connectivity index (χ2v) is 6.77. The third-order valence-corrected chi connectivity index (χ3v) is 4.87.